The zero-order valence-corrected chi connectivity index (χ0v) is 22.5. The number of methoxy groups -OCH3 is 1. The molecule has 1 aromatic heterocycles. The molecule has 0 spiro atoms. The normalized spacial score (nSPS) is 11.3. The van der Waals surface area contributed by atoms with Gasteiger partial charge in [0.25, 0.3) is 5.91 Å². The zero-order valence-electron chi connectivity index (χ0n) is 20.1. The van der Waals surface area contributed by atoms with Gasteiger partial charge in [0.15, 0.2) is 4.34 Å². The molecule has 2 N–H and O–H groups in total. The van der Waals surface area contributed by atoms with Crippen LogP contribution in [0.5, 0.6) is 5.75 Å². The second-order valence-corrected chi connectivity index (χ2v) is 11.5. The number of benzene rings is 2. The van der Waals surface area contributed by atoms with Gasteiger partial charge in [-0.1, -0.05) is 49.1 Å². The third-order valence-electron chi connectivity index (χ3n) is 5.02. The molecule has 2 aromatic carbocycles. The van der Waals surface area contributed by atoms with Crippen molar-refractivity contribution in [3.8, 4) is 5.75 Å². The van der Waals surface area contributed by atoms with Gasteiger partial charge in [0.1, 0.15) is 5.75 Å². The maximum absolute atomic E-state index is 12.6. The lowest BCUT2D eigenvalue weighted by molar-refractivity contribution is -0.115. The van der Waals surface area contributed by atoms with E-state index in [1.807, 2.05) is 12.1 Å². The second kappa shape index (κ2) is 12.8. The van der Waals surface area contributed by atoms with Gasteiger partial charge in [-0.05, 0) is 36.4 Å². The molecule has 0 bridgehead atoms. The smallest absolute Gasteiger partial charge is 0.257 e. The number of hydrogen-bond acceptors (Lipinski definition) is 9. The van der Waals surface area contributed by atoms with Gasteiger partial charge in [-0.15, -0.1) is 10.2 Å². The van der Waals surface area contributed by atoms with Crippen molar-refractivity contribution < 1.29 is 22.7 Å². The zero-order chi connectivity index (χ0) is 26.1. The maximum atomic E-state index is 12.6. The number of aromatic nitrogens is 2. The van der Waals surface area contributed by atoms with Crippen LogP contribution in [-0.2, 0) is 14.8 Å². The molecule has 0 aliphatic heterocycles. The summed E-state index contributed by atoms with van der Waals surface area (Å²) in [5.41, 5.74) is 0.903. The Morgan fingerprint density at radius 1 is 1.03 bits per heavy atom. The molecule has 0 saturated carbocycles. The fourth-order valence-electron chi connectivity index (χ4n) is 3.17. The number of thioether (sulfide) groups is 1. The van der Waals surface area contributed by atoms with Gasteiger partial charge < -0.3 is 10.1 Å². The van der Waals surface area contributed by atoms with E-state index in [-0.39, 0.29) is 17.2 Å². The molecule has 1 heterocycles. The third-order valence-corrected chi connectivity index (χ3v) is 9.06. The molecule has 36 heavy (non-hydrogen) atoms. The van der Waals surface area contributed by atoms with E-state index in [2.05, 4.69) is 20.8 Å². The first kappa shape index (κ1) is 27.6. The quantitative estimate of drug-likeness (QED) is 0.257. The molecule has 13 heteroatoms. The molecule has 192 valence electrons. The van der Waals surface area contributed by atoms with Crippen molar-refractivity contribution in [2.24, 2.45) is 0 Å². The van der Waals surface area contributed by atoms with Crippen LogP contribution in [0.1, 0.15) is 30.6 Å². The highest BCUT2D eigenvalue weighted by Crippen LogP contribution is 2.27. The van der Waals surface area contributed by atoms with Crippen molar-refractivity contribution in [1.29, 1.82) is 0 Å². The topological polar surface area (TPSA) is 131 Å². The highest BCUT2D eigenvalue weighted by molar-refractivity contribution is 8.01. The summed E-state index contributed by atoms with van der Waals surface area (Å²) in [5, 5.41) is 13.8. The number of nitrogens with zero attached hydrogens (tertiary/aromatic N) is 3. The van der Waals surface area contributed by atoms with Gasteiger partial charge in [0.2, 0.25) is 21.1 Å². The van der Waals surface area contributed by atoms with Crippen LogP contribution in [0, 0.1) is 0 Å². The largest absolute Gasteiger partial charge is 0.495 e. The molecular formula is C23H27N5O5S3. The molecule has 0 unspecified atom stereocenters. The summed E-state index contributed by atoms with van der Waals surface area (Å²) in [7, 11) is -2.05. The molecule has 0 radical (unpaired) electrons. The first-order chi connectivity index (χ1) is 17.3. The number of anilines is 2. The molecular weight excluding hydrogens is 522 g/mol. The SMILES string of the molecule is CCN(CC)S(=O)(=O)c1ccc(C(=O)Nc2nnc(SCCC(=O)Nc3ccccc3OC)s2)cc1. The van der Waals surface area contributed by atoms with Crippen LogP contribution in [-0.4, -0.2) is 60.7 Å². The van der Waals surface area contributed by atoms with Crippen molar-refractivity contribution >= 4 is 55.8 Å². The Morgan fingerprint density at radius 2 is 1.72 bits per heavy atom. The van der Waals surface area contributed by atoms with Crippen LogP contribution in [0.2, 0.25) is 0 Å². The number of carbonyl (C=O) groups is 2. The first-order valence-electron chi connectivity index (χ1n) is 11.1. The number of nitrogens with one attached hydrogen (secondary N) is 2. The standard InChI is InChI=1S/C23H27N5O5S3/c1-4-28(5-2)36(31,32)17-12-10-16(11-13-17)21(30)25-22-26-27-23(35-22)34-15-14-20(29)24-18-8-6-7-9-19(18)33-3/h6-13H,4-5,14-15H2,1-3H3,(H,24,29)(H,25,26,30). The number of hydrogen-bond donors (Lipinski definition) is 2. The van der Waals surface area contributed by atoms with Gasteiger partial charge in [-0.3, -0.25) is 14.9 Å². The van der Waals surface area contributed by atoms with Crippen LogP contribution >= 0.6 is 23.1 Å². The average Bonchev–Trinajstić information content (AvgIpc) is 3.32. The summed E-state index contributed by atoms with van der Waals surface area (Å²) >= 11 is 2.54. The third kappa shape index (κ3) is 7.03. The number of amides is 2. The Kier molecular flexibility index (Phi) is 9.81. The van der Waals surface area contributed by atoms with Crippen LogP contribution in [0.25, 0.3) is 0 Å². The number of sulfonamides is 1. The van der Waals surface area contributed by atoms with Gasteiger partial charge in [-0.25, -0.2) is 8.42 Å². The van der Waals surface area contributed by atoms with Gasteiger partial charge >= 0.3 is 0 Å². The predicted octanol–water partition coefficient (Wildman–Crippen LogP) is 3.95. The van der Waals surface area contributed by atoms with Crippen molar-refractivity contribution in [3.63, 3.8) is 0 Å². The Balaban J connectivity index is 1.51. The second-order valence-electron chi connectivity index (χ2n) is 7.29. The first-order valence-corrected chi connectivity index (χ1v) is 14.3. The minimum absolute atomic E-state index is 0.132. The maximum Gasteiger partial charge on any atom is 0.257 e. The van der Waals surface area contributed by atoms with Crippen molar-refractivity contribution in [2.45, 2.75) is 29.5 Å². The molecule has 2 amide bonds. The lowest BCUT2D eigenvalue weighted by atomic mass is 10.2. The Morgan fingerprint density at radius 3 is 2.39 bits per heavy atom. The summed E-state index contributed by atoms with van der Waals surface area (Å²) in [4.78, 5) is 24.9. The van der Waals surface area contributed by atoms with E-state index in [0.29, 0.717) is 45.3 Å². The Bertz CT molecular complexity index is 1290. The minimum Gasteiger partial charge on any atom is -0.495 e. The summed E-state index contributed by atoms with van der Waals surface area (Å²) in [6.07, 6.45) is 0.257. The van der Waals surface area contributed by atoms with Crippen molar-refractivity contribution in [1.82, 2.24) is 14.5 Å². The van der Waals surface area contributed by atoms with Crippen LogP contribution in [0.3, 0.4) is 0 Å². The average molecular weight is 550 g/mol. The van der Waals surface area contributed by atoms with E-state index in [0.717, 1.165) is 0 Å². The van der Waals surface area contributed by atoms with Crippen LogP contribution < -0.4 is 15.4 Å². The van der Waals surface area contributed by atoms with E-state index in [4.69, 9.17) is 4.74 Å². The summed E-state index contributed by atoms with van der Waals surface area (Å²) in [6.45, 7) is 4.28. The lowest BCUT2D eigenvalue weighted by Gasteiger charge is -2.18. The fraction of sp³-hybridized carbons (Fsp3) is 0.304. The number of carbonyl (C=O) groups excluding carboxylic acids is 2. The molecule has 0 aliphatic rings. The van der Waals surface area contributed by atoms with Gasteiger partial charge in [0, 0.05) is 30.8 Å². The Hall–Kier alpha value is -3.00. The summed E-state index contributed by atoms with van der Waals surface area (Å²) in [6, 6.07) is 12.9. The highest BCUT2D eigenvalue weighted by Gasteiger charge is 2.22. The van der Waals surface area contributed by atoms with Crippen LogP contribution in [0.15, 0.2) is 57.8 Å². The predicted molar refractivity (Wildman–Crippen MR) is 141 cm³/mol. The summed E-state index contributed by atoms with van der Waals surface area (Å²) < 4.78 is 32.4. The monoisotopic (exact) mass is 549 g/mol. The molecule has 0 fully saturated rings. The molecule has 3 aromatic rings. The molecule has 0 atom stereocenters. The molecule has 10 nitrogen and oxygen atoms in total. The minimum atomic E-state index is -3.59. The molecule has 0 saturated heterocycles. The molecule has 0 aliphatic carbocycles. The van der Waals surface area contributed by atoms with Crippen LogP contribution in [0.4, 0.5) is 10.8 Å². The van der Waals surface area contributed by atoms with E-state index in [9.17, 15) is 18.0 Å². The number of para-hydroxylation sites is 2. The number of ether oxygens (including phenoxy) is 1. The van der Waals surface area contributed by atoms with Gasteiger partial charge in [0.05, 0.1) is 17.7 Å². The summed E-state index contributed by atoms with van der Waals surface area (Å²) in [5.74, 6) is 0.483. The Labute approximate surface area is 218 Å². The fourth-order valence-corrected chi connectivity index (χ4v) is 6.38. The highest BCUT2D eigenvalue weighted by atomic mass is 32.2. The van der Waals surface area contributed by atoms with E-state index < -0.39 is 15.9 Å². The number of rotatable bonds is 12. The van der Waals surface area contributed by atoms with E-state index in [1.54, 1.807) is 33.1 Å². The van der Waals surface area contributed by atoms with Crippen molar-refractivity contribution in [2.75, 3.05) is 36.6 Å². The van der Waals surface area contributed by atoms with Gasteiger partial charge in [-0.2, -0.15) is 4.31 Å². The lowest BCUT2D eigenvalue weighted by Crippen LogP contribution is -2.30. The van der Waals surface area contributed by atoms with E-state index in [1.165, 1.54) is 51.7 Å². The van der Waals surface area contributed by atoms with E-state index >= 15 is 0 Å². The molecule has 3 rings (SSSR count). The van der Waals surface area contributed by atoms with Crippen molar-refractivity contribution in [3.05, 3.63) is 54.1 Å².